The highest BCUT2D eigenvalue weighted by molar-refractivity contribution is 5.95. The molecule has 1 aliphatic rings. The molecule has 1 fully saturated rings. The summed E-state index contributed by atoms with van der Waals surface area (Å²) in [4.78, 5) is 26.3. The SMILES string of the molecule is Cc1c(C(=O)N2CCCC(C(=O)NCCN)C2)cnn1C.Cl. The highest BCUT2D eigenvalue weighted by Gasteiger charge is 2.29. The molecular weight excluding hydrogens is 306 g/mol. The Bertz CT molecular complexity index is 531. The van der Waals surface area contributed by atoms with Crippen molar-refractivity contribution in [3.63, 3.8) is 0 Å². The third-order valence-corrected chi connectivity index (χ3v) is 3.99. The summed E-state index contributed by atoms with van der Waals surface area (Å²) in [6.45, 7) is 3.92. The number of piperidine rings is 1. The van der Waals surface area contributed by atoms with E-state index >= 15 is 0 Å². The monoisotopic (exact) mass is 329 g/mol. The molecule has 0 radical (unpaired) electrons. The molecule has 8 heteroatoms. The minimum absolute atomic E-state index is 0. The fourth-order valence-corrected chi connectivity index (χ4v) is 2.59. The van der Waals surface area contributed by atoms with Crippen LogP contribution in [0.25, 0.3) is 0 Å². The van der Waals surface area contributed by atoms with Gasteiger partial charge in [0.05, 0.1) is 17.7 Å². The number of carbonyl (C=O) groups is 2. The van der Waals surface area contributed by atoms with Crippen molar-refractivity contribution in [2.24, 2.45) is 18.7 Å². The lowest BCUT2D eigenvalue weighted by molar-refractivity contribution is -0.126. The number of amides is 2. The second kappa shape index (κ2) is 8.14. The lowest BCUT2D eigenvalue weighted by Crippen LogP contribution is -2.46. The third-order valence-electron chi connectivity index (χ3n) is 3.99. The van der Waals surface area contributed by atoms with E-state index in [2.05, 4.69) is 10.4 Å². The Kier molecular flexibility index (Phi) is 6.83. The van der Waals surface area contributed by atoms with Crippen LogP contribution in [-0.4, -0.2) is 52.7 Å². The van der Waals surface area contributed by atoms with Crippen LogP contribution in [0, 0.1) is 12.8 Å². The van der Waals surface area contributed by atoms with Crippen LogP contribution in [0.15, 0.2) is 6.20 Å². The molecule has 1 saturated heterocycles. The highest BCUT2D eigenvalue weighted by atomic mass is 35.5. The third kappa shape index (κ3) is 3.98. The summed E-state index contributed by atoms with van der Waals surface area (Å²) in [5, 5.41) is 6.90. The Morgan fingerprint density at radius 3 is 2.82 bits per heavy atom. The van der Waals surface area contributed by atoms with Gasteiger partial charge in [0.25, 0.3) is 5.91 Å². The van der Waals surface area contributed by atoms with Crippen molar-refractivity contribution < 1.29 is 9.59 Å². The van der Waals surface area contributed by atoms with Crippen LogP contribution >= 0.6 is 12.4 Å². The fourth-order valence-electron chi connectivity index (χ4n) is 2.59. The standard InChI is InChI=1S/C14H23N5O2.ClH/c1-10-12(8-17-18(10)2)14(21)19-7-3-4-11(9-19)13(20)16-6-5-15;/h8,11H,3-7,9,15H2,1-2H3,(H,16,20);1H. The number of aromatic nitrogens is 2. The van der Waals surface area contributed by atoms with Crippen LogP contribution in [0.3, 0.4) is 0 Å². The molecule has 1 unspecified atom stereocenters. The number of halogens is 1. The Morgan fingerprint density at radius 2 is 2.23 bits per heavy atom. The number of hydrogen-bond donors (Lipinski definition) is 2. The normalized spacial score (nSPS) is 17.8. The molecule has 0 aliphatic carbocycles. The predicted octanol–water partition coefficient (Wildman–Crippen LogP) is 0.0774. The van der Waals surface area contributed by atoms with E-state index in [0.29, 0.717) is 31.7 Å². The molecule has 2 heterocycles. The number of nitrogens with two attached hydrogens (primary N) is 1. The number of nitrogens with one attached hydrogen (secondary N) is 1. The van der Waals surface area contributed by atoms with Gasteiger partial charge in [0.15, 0.2) is 0 Å². The Balaban J connectivity index is 0.00000242. The van der Waals surface area contributed by atoms with Crippen LogP contribution in [0.4, 0.5) is 0 Å². The van der Waals surface area contributed by atoms with Gasteiger partial charge in [0.1, 0.15) is 0 Å². The Labute approximate surface area is 136 Å². The average Bonchev–Trinajstić information content (AvgIpc) is 2.84. The van der Waals surface area contributed by atoms with Crippen molar-refractivity contribution in [3.05, 3.63) is 17.5 Å². The van der Waals surface area contributed by atoms with Gasteiger partial charge in [0, 0.05) is 38.9 Å². The number of likely N-dealkylation sites (tertiary alicyclic amines) is 1. The van der Waals surface area contributed by atoms with E-state index < -0.39 is 0 Å². The maximum atomic E-state index is 12.5. The van der Waals surface area contributed by atoms with Gasteiger partial charge in [0.2, 0.25) is 5.91 Å². The zero-order valence-corrected chi connectivity index (χ0v) is 13.9. The van der Waals surface area contributed by atoms with Gasteiger partial charge in [-0.25, -0.2) is 0 Å². The first-order chi connectivity index (χ1) is 10.0. The van der Waals surface area contributed by atoms with Gasteiger partial charge >= 0.3 is 0 Å². The topological polar surface area (TPSA) is 93.2 Å². The summed E-state index contributed by atoms with van der Waals surface area (Å²) < 4.78 is 1.68. The molecule has 1 aliphatic heterocycles. The predicted molar refractivity (Wildman–Crippen MR) is 85.9 cm³/mol. The lowest BCUT2D eigenvalue weighted by atomic mass is 9.96. The maximum absolute atomic E-state index is 12.5. The number of hydrogen-bond acceptors (Lipinski definition) is 4. The van der Waals surface area contributed by atoms with Crippen LogP contribution in [0.5, 0.6) is 0 Å². The molecule has 3 N–H and O–H groups in total. The smallest absolute Gasteiger partial charge is 0.257 e. The molecule has 124 valence electrons. The molecule has 1 aromatic heterocycles. The van der Waals surface area contributed by atoms with Crippen molar-refractivity contribution in [2.75, 3.05) is 26.2 Å². The molecule has 0 bridgehead atoms. The number of carbonyl (C=O) groups excluding carboxylic acids is 2. The van der Waals surface area contributed by atoms with Gasteiger partial charge < -0.3 is 16.0 Å². The largest absolute Gasteiger partial charge is 0.355 e. The molecular formula is C14H24ClN5O2. The average molecular weight is 330 g/mol. The van der Waals surface area contributed by atoms with Gasteiger partial charge in [-0.15, -0.1) is 12.4 Å². The van der Waals surface area contributed by atoms with E-state index in [1.54, 1.807) is 15.8 Å². The molecule has 0 spiro atoms. The zero-order chi connectivity index (χ0) is 15.4. The Hall–Kier alpha value is -1.60. The summed E-state index contributed by atoms with van der Waals surface area (Å²) in [6, 6.07) is 0. The van der Waals surface area contributed by atoms with E-state index in [1.807, 2.05) is 14.0 Å². The molecule has 1 aromatic rings. The Morgan fingerprint density at radius 1 is 1.50 bits per heavy atom. The van der Waals surface area contributed by atoms with E-state index in [0.717, 1.165) is 18.5 Å². The maximum Gasteiger partial charge on any atom is 0.257 e. The minimum Gasteiger partial charge on any atom is -0.355 e. The summed E-state index contributed by atoms with van der Waals surface area (Å²) in [6.07, 6.45) is 3.24. The van der Waals surface area contributed by atoms with Crippen LogP contribution < -0.4 is 11.1 Å². The minimum atomic E-state index is -0.147. The van der Waals surface area contributed by atoms with Crippen LogP contribution in [0.2, 0.25) is 0 Å². The lowest BCUT2D eigenvalue weighted by Gasteiger charge is -2.32. The molecule has 22 heavy (non-hydrogen) atoms. The van der Waals surface area contributed by atoms with Crippen molar-refractivity contribution >= 4 is 24.2 Å². The first-order valence-electron chi connectivity index (χ1n) is 7.30. The van der Waals surface area contributed by atoms with Crippen molar-refractivity contribution in [3.8, 4) is 0 Å². The van der Waals surface area contributed by atoms with Gasteiger partial charge in [-0.05, 0) is 19.8 Å². The van der Waals surface area contributed by atoms with E-state index in [-0.39, 0.29) is 30.1 Å². The molecule has 7 nitrogen and oxygen atoms in total. The quantitative estimate of drug-likeness (QED) is 0.818. The number of rotatable bonds is 4. The summed E-state index contributed by atoms with van der Waals surface area (Å²) >= 11 is 0. The molecule has 2 rings (SSSR count). The van der Waals surface area contributed by atoms with E-state index in [4.69, 9.17) is 5.73 Å². The van der Waals surface area contributed by atoms with E-state index in [9.17, 15) is 9.59 Å². The van der Waals surface area contributed by atoms with Crippen molar-refractivity contribution in [2.45, 2.75) is 19.8 Å². The van der Waals surface area contributed by atoms with E-state index in [1.165, 1.54) is 0 Å². The first-order valence-corrected chi connectivity index (χ1v) is 7.30. The molecule has 0 saturated carbocycles. The molecule has 1 atom stereocenters. The summed E-state index contributed by atoms with van der Waals surface area (Å²) in [7, 11) is 1.81. The van der Waals surface area contributed by atoms with Crippen LogP contribution in [0.1, 0.15) is 28.9 Å². The van der Waals surface area contributed by atoms with Crippen LogP contribution in [-0.2, 0) is 11.8 Å². The van der Waals surface area contributed by atoms with Crippen molar-refractivity contribution in [1.82, 2.24) is 20.0 Å². The zero-order valence-electron chi connectivity index (χ0n) is 13.0. The fraction of sp³-hybridized carbons (Fsp3) is 0.643. The molecule has 0 aromatic carbocycles. The summed E-state index contributed by atoms with van der Waals surface area (Å²) in [5.74, 6) is -0.205. The first kappa shape index (κ1) is 18.4. The number of aryl methyl sites for hydroxylation is 1. The second-order valence-electron chi connectivity index (χ2n) is 5.44. The molecule has 2 amide bonds. The highest BCUT2D eigenvalue weighted by Crippen LogP contribution is 2.19. The summed E-state index contributed by atoms with van der Waals surface area (Å²) in [5.41, 5.74) is 6.84. The van der Waals surface area contributed by atoms with Crippen molar-refractivity contribution in [1.29, 1.82) is 0 Å². The second-order valence-corrected chi connectivity index (χ2v) is 5.44. The number of nitrogens with zero attached hydrogens (tertiary/aromatic N) is 3. The van der Waals surface area contributed by atoms with Gasteiger partial charge in [-0.1, -0.05) is 0 Å². The van der Waals surface area contributed by atoms with Gasteiger partial charge in [-0.2, -0.15) is 5.10 Å². The van der Waals surface area contributed by atoms with Gasteiger partial charge in [-0.3, -0.25) is 14.3 Å².